The van der Waals surface area contributed by atoms with E-state index in [2.05, 4.69) is 9.55 Å². The van der Waals surface area contributed by atoms with Crippen LogP contribution in [-0.4, -0.2) is 15.5 Å². The van der Waals surface area contributed by atoms with Gasteiger partial charge in [0.2, 0.25) is 5.91 Å². The Morgan fingerprint density at radius 3 is 2.59 bits per heavy atom. The largest absolute Gasteiger partial charge is 0.366 e. The number of imidazole rings is 1. The lowest BCUT2D eigenvalue weighted by Crippen LogP contribution is -2.10. The van der Waals surface area contributed by atoms with Crippen LogP contribution in [0.2, 0.25) is 0 Å². The standard InChI is InChI=1S/C13H13N3O/c14-12(17)9-1-3-10(4-2-9)13-15-7-8-16(13)11-5-6-11/h1-4,7-8,11H,5-6H2,(H2,14,17). The van der Waals surface area contributed by atoms with Gasteiger partial charge in [0.1, 0.15) is 5.82 Å². The molecule has 1 saturated carbocycles. The molecule has 4 heteroatoms. The fourth-order valence-corrected chi connectivity index (χ4v) is 1.97. The van der Waals surface area contributed by atoms with Gasteiger partial charge in [-0.2, -0.15) is 0 Å². The molecule has 17 heavy (non-hydrogen) atoms. The fourth-order valence-electron chi connectivity index (χ4n) is 1.97. The maximum atomic E-state index is 11.0. The number of benzene rings is 1. The monoisotopic (exact) mass is 227 g/mol. The summed E-state index contributed by atoms with van der Waals surface area (Å²) in [5.41, 5.74) is 6.76. The van der Waals surface area contributed by atoms with Crippen LogP contribution in [0.3, 0.4) is 0 Å². The van der Waals surface area contributed by atoms with Crippen LogP contribution in [0.5, 0.6) is 0 Å². The lowest BCUT2D eigenvalue weighted by Gasteiger charge is -2.06. The van der Waals surface area contributed by atoms with Crippen LogP contribution < -0.4 is 5.73 Å². The van der Waals surface area contributed by atoms with E-state index in [0.717, 1.165) is 11.4 Å². The first kappa shape index (κ1) is 10.1. The number of aromatic nitrogens is 2. The summed E-state index contributed by atoms with van der Waals surface area (Å²) in [7, 11) is 0. The zero-order valence-electron chi connectivity index (χ0n) is 9.34. The van der Waals surface area contributed by atoms with E-state index in [4.69, 9.17) is 5.73 Å². The van der Waals surface area contributed by atoms with Crippen molar-refractivity contribution in [3.8, 4) is 11.4 Å². The third kappa shape index (κ3) is 1.82. The van der Waals surface area contributed by atoms with E-state index >= 15 is 0 Å². The number of carbonyl (C=O) groups is 1. The van der Waals surface area contributed by atoms with Crippen molar-refractivity contribution in [2.45, 2.75) is 18.9 Å². The first-order chi connectivity index (χ1) is 8.25. The highest BCUT2D eigenvalue weighted by Gasteiger charge is 2.25. The number of hydrogen-bond donors (Lipinski definition) is 1. The predicted molar refractivity (Wildman–Crippen MR) is 64.5 cm³/mol. The van der Waals surface area contributed by atoms with Crippen molar-refractivity contribution in [2.24, 2.45) is 5.73 Å². The van der Waals surface area contributed by atoms with Crippen molar-refractivity contribution in [2.75, 3.05) is 0 Å². The molecule has 1 fully saturated rings. The van der Waals surface area contributed by atoms with E-state index in [1.165, 1.54) is 12.8 Å². The number of rotatable bonds is 3. The highest BCUT2D eigenvalue weighted by molar-refractivity contribution is 5.93. The summed E-state index contributed by atoms with van der Waals surface area (Å²) in [6.45, 7) is 0. The number of nitrogens with two attached hydrogens (primary N) is 1. The van der Waals surface area contributed by atoms with Crippen molar-refractivity contribution >= 4 is 5.91 Å². The second-order valence-electron chi connectivity index (χ2n) is 4.33. The highest BCUT2D eigenvalue weighted by Crippen LogP contribution is 2.37. The van der Waals surface area contributed by atoms with E-state index in [9.17, 15) is 4.79 Å². The minimum absolute atomic E-state index is 0.401. The Morgan fingerprint density at radius 1 is 1.29 bits per heavy atom. The van der Waals surface area contributed by atoms with Gasteiger partial charge in [0.25, 0.3) is 0 Å². The molecular weight excluding hydrogens is 214 g/mol. The molecule has 0 saturated heterocycles. The second-order valence-corrected chi connectivity index (χ2v) is 4.33. The Bertz CT molecular complexity index is 552. The molecule has 1 aliphatic carbocycles. The normalized spacial score (nSPS) is 14.8. The van der Waals surface area contributed by atoms with E-state index in [1.54, 1.807) is 12.1 Å². The molecule has 2 aromatic rings. The van der Waals surface area contributed by atoms with Gasteiger partial charge < -0.3 is 10.3 Å². The Kier molecular flexibility index (Phi) is 2.21. The topological polar surface area (TPSA) is 60.9 Å². The van der Waals surface area contributed by atoms with Crippen LogP contribution in [0.25, 0.3) is 11.4 Å². The minimum atomic E-state index is -0.401. The molecule has 0 bridgehead atoms. The molecule has 2 N–H and O–H groups in total. The summed E-state index contributed by atoms with van der Waals surface area (Å²) in [6, 6.07) is 7.86. The van der Waals surface area contributed by atoms with Crippen molar-refractivity contribution < 1.29 is 4.79 Å². The average Bonchev–Trinajstić information content (AvgIpc) is 3.07. The average molecular weight is 227 g/mol. The summed E-state index contributed by atoms with van der Waals surface area (Å²) in [6.07, 6.45) is 6.27. The van der Waals surface area contributed by atoms with Gasteiger partial charge in [0.15, 0.2) is 0 Å². The first-order valence-corrected chi connectivity index (χ1v) is 5.69. The number of primary amides is 1. The van der Waals surface area contributed by atoms with Gasteiger partial charge in [-0.05, 0) is 25.0 Å². The van der Waals surface area contributed by atoms with Gasteiger partial charge in [-0.3, -0.25) is 4.79 Å². The maximum absolute atomic E-state index is 11.0. The molecule has 1 heterocycles. The quantitative estimate of drug-likeness (QED) is 0.871. The molecule has 1 amide bonds. The Morgan fingerprint density at radius 2 is 2.00 bits per heavy atom. The van der Waals surface area contributed by atoms with Crippen LogP contribution in [0.1, 0.15) is 29.2 Å². The summed E-state index contributed by atoms with van der Waals surface area (Å²) in [4.78, 5) is 15.4. The SMILES string of the molecule is NC(=O)c1ccc(-c2nccn2C2CC2)cc1. The van der Waals surface area contributed by atoms with Gasteiger partial charge in [0.05, 0.1) is 0 Å². The number of hydrogen-bond acceptors (Lipinski definition) is 2. The van der Waals surface area contributed by atoms with Gasteiger partial charge in [-0.1, -0.05) is 12.1 Å². The Balaban J connectivity index is 1.97. The van der Waals surface area contributed by atoms with Crippen LogP contribution in [0, 0.1) is 0 Å². The zero-order valence-corrected chi connectivity index (χ0v) is 9.34. The smallest absolute Gasteiger partial charge is 0.248 e. The summed E-state index contributed by atoms with van der Waals surface area (Å²) in [5.74, 6) is 0.561. The van der Waals surface area contributed by atoms with Crippen LogP contribution in [0.4, 0.5) is 0 Å². The van der Waals surface area contributed by atoms with E-state index in [0.29, 0.717) is 11.6 Å². The molecule has 0 atom stereocenters. The fraction of sp³-hybridized carbons (Fsp3) is 0.231. The molecule has 0 aliphatic heterocycles. The molecule has 3 rings (SSSR count). The molecule has 0 radical (unpaired) electrons. The molecule has 1 aromatic carbocycles. The number of nitrogens with zero attached hydrogens (tertiary/aromatic N) is 2. The summed E-state index contributed by atoms with van der Waals surface area (Å²) >= 11 is 0. The number of amides is 1. The summed E-state index contributed by atoms with van der Waals surface area (Å²) in [5, 5.41) is 0. The number of carbonyl (C=O) groups excluding carboxylic acids is 1. The zero-order chi connectivity index (χ0) is 11.8. The molecule has 86 valence electrons. The van der Waals surface area contributed by atoms with Crippen LogP contribution in [-0.2, 0) is 0 Å². The molecule has 1 aromatic heterocycles. The van der Waals surface area contributed by atoms with Gasteiger partial charge in [-0.25, -0.2) is 4.98 Å². The Labute approximate surface area is 99.1 Å². The predicted octanol–water partition coefficient (Wildman–Crippen LogP) is 1.98. The summed E-state index contributed by atoms with van der Waals surface area (Å²) < 4.78 is 2.19. The van der Waals surface area contributed by atoms with Gasteiger partial charge >= 0.3 is 0 Å². The second kappa shape index (κ2) is 3.73. The van der Waals surface area contributed by atoms with Gasteiger partial charge in [-0.15, -0.1) is 0 Å². The maximum Gasteiger partial charge on any atom is 0.248 e. The van der Waals surface area contributed by atoms with Crippen molar-refractivity contribution in [1.29, 1.82) is 0 Å². The third-order valence-corrected chi connectivity index (χ3v) is 3.04. The molecule has 4 nitrogen and oxygen atoms in total. The molecule has 0 spiro atoms. The van der Waals surface area contributed by atoms with Crippen molar-refractivity contribution in [1.82, 2.24) is 9.55 Å². The Hall–Kier alpha value is -2.10. The third-order valence-electron chi connectivity index (χ3n) is 3.04. The van der Waals surface area contributed by atoms with Crippen molar-refractivity contribution in [3.05, 3.63) is 42.2 Å². The lowest BCUT2D eigenvalue weighted by molar-refractivity contribution is 0.100. The van der Waals surface area contributed by atoms with Crippen molar-refractivity contribution in [3.63, 3.8) is 0 Å². The lowest BCUT2D eigenvalue weighted by atomic mass is 10.1. The van der Waals surface area contributed by atoms with E-state index in [1.807, 2.05) is 24.5 Å². The first-order valence-electron chi connectivity index (χ1n) is 5.69. The highest BCUT2D eigenvalue weighted by atomic mass is 16.1. The van der Waals surface area contributed by atoms with E-state index < -0.39 is 5.91 Å². The molecular formula is C13H13N3O. The minimum Gasteiger partial charge on any atom is -0.366 e. The van der Waals surface area contributed by atoms with Crippen LogP contribution in [0.15, 0.2) is 36.7 Å². The van der Waals surface area contributed by atoms with Crippen LogP contribution >= 0.6 is 0 Å². The van der Waals surface area contributed by atoms with Gasteiger partial charge in [0, 0.05) is 29.6 Å². The molecule has 1 aliphatic rings. The van der Waals surface area contributed by atoms with E-state index in [-0.39, 0.29) is 0 Å². The molecule has 0 unspecified atom stereocenters.